The van der Waals surface area contributed by atoms with E-state index in [0.29, 0.717) is 0 Å². The third-order valence-electron chi connectivity index (χ3n) is 5.07. The molecule has 0 aliphatic carbocycles. The molecule has 0 radical (unpaired) electrons. The topological polar surface area (TPSA) is 12.9 Å². The Balaban J connectivity index is 1.41. The highest BCUT2D eigenvalue weighted by Crippen LogP contribution is 2.17. The quantitative estimate of drug-likeness (QED) is 0.389. The minimum absolute atomic E-state index is 0.217. The number of pyridine rings is 1. The number of hydrogen-bond donors (Lipinski definition) is 0. The Labute approximate surface area is 171 Å². The fourth-order valence-corrected chi connectivity index (χ4v) is 3.28. The van der Waals surface area contributed by atoms with E-state index in [1.165, 1.54) is 17.2 Å². The van der Waals surface area contributed by atoms with E-state index in [9.17, 15) is 4.39 Å². The van der Waals surface area contributed by atoms with Gasteiger partial charge in [0.1, 0.15) is 5.82 Å². The summed E-state index contributed by atoms with van der Waals surface area (Å²) in [6.45, 7) is 2.14. The van der Waals surface area contributed by atoms with Gasteiger partial charge >= 0.3 is 0 Å². The van der Waals surface area contributed by atoms with E-state index in [1.807, 2.05) is 24.4 Å². The average Bonchev–Trinajstić information content (AvgIpc) is 2.77. The van der Waals surface area contributed by atoms with Crippen LogP contribution < -0.4 is 0 Å². The summed E-state index contributed by atoms with van der Waals surface area (Å²) >= 11 is 0. The first-order valence-corrected chi connectivity index (χ1v) is 9.94. The number of aromatic nitrogens is 1. The van der Waals surface area contributed by atoms with Gasteiger partial charge in [-0.15, -0.1) is 0 Å². The van der Waals surface area contributed by atoms with Crippen LogP contribution in [0.15, 0.2) is 79.0 Å². The largest absolute Gasteiger partial charge is 0.261 e. The molecule has 0 saturated heterocycles. The summed E-state index contributed by atoms with van der Waals surface area (Å²) in [5.74, 6) is 6.20. The zero-order valence-corrected chi connectivity index (χ0v) is 16.5. The molecule has 0 spiro atoms. The molecule has 142 valence electrons. The summed E-state index contributed by atoms with van der Waals surface area (Å²) in [6, 6.07) is 23.3. The molecule has 0 aliphatic rings. The van der Waals surface area contributed by atoms with Gasteiger partial charge in [-0.25, -0.2) is 4.39 Å². The van der Waals surface area contributed by atoms with Crippen molar-refractivity contribution in [3.63, 3.8) is 0 Å². The maximum atomic E-state index is 13.3. The maximum absolute atomic E-state index is 13.3. The molecule has 0 amide bonds. The van der Waals surface area contributed by atoms with E-state index >= 15 is 0 Å². The fraction of sp³-hybridized carbons (Fsp3) is 0.148. The SMILES string of the molecule is CCc1ccc(CCc2ccc(C#Cc3ccc4cc(F)ccc4c3)cc2)nc1. The van der Waals surface area contributed by atoms with Crippen LogP contribution >= 0.6 is 0 Å². The maximum Gasteiger partial charge on any atom is 0.123 e. The average molecular weight is 379 g/mol. The van der Waals surface area contributed by atoms with Crippen molar-refractivity contribution in [3.05, 3.63) is 113 Å². The Morgan fingerprint density at radius 2 is 1.41 bits per heavy atom. The third kappa shape index (κ3) is 4.89. The lowest BCUT2D eigenvalue weighted by Crippen LogP contribution is -1.95. The molecule has 0 atom stereocenters. The predicted molar refractivity (Wildman–Crippen MR) is 117 cm³/mol. The van der Waals surface area contributed by atoms with Crippen LogP contribution in [0.1, 0.15) is 34.9 Å². The summed E-state index contributed by atoms with van der Waals surface area (Å²) in [6.07, 6.45) is 4.89. The normalized spacial score (nSPS) is 10.6. The van der Waals surface area contributed by atoms with Crippen molar-refractivity contribution < 1.29 is 4.39 Å². The van der Waals surface area contributed by atoms with Crippen molar-refractivity contribution in [1.82, 2.24) is 4.98 Å². The summed E-state index contributed by atoms with van der Waals surface area (Å²) in [5, 5.41) is 1.88. The number of aryl methyl sites for hydroxylation is 3. The van der Waals surface area contributed by atoms with Gasteiger partial charge in [-0.05, 0) is 83.6 Å². The molecule has 0 bridgehead atoms. The second-order valence-corrected chi connectivity index (χ2v) is 7.16. The van der Waals surface area contributed by atoms with Crippen LogP contribution in [0.3, 0.4) is 0 Å². The molecular weight excluding hydrogens is 357 g/mol. The fourth-order valence-electron chi connectivity index (χ4n) is 3.28. The molecule has 0 N–H and O–H groups in total. The second-order valence-electron chi connectivity index (χ2n) is 7.16. The van der Waals surface area contributed by atoms with E-state index in [-0.39, 0.29) is 5.82 Å². The minimum atomic E-state index is -0.217. The number of halogens is 1. The van der Waals surface area contributed by atoms with Crippen LogP contribution in [-0.2, 0) is 19.3 Å². The zero-order chi connectivity index (χ0) is 20.1. The van der Waals surface area contributed by atoms with E-state index in [0.717, 1.165) is 46.9 Å². The molecule has 0 unspecified atom stereocenters. The van der Waals surface area contributed by atoms with E-state index in [1.54, 1.807) is 12.1 Å². The monoisotopic (exact) mass is 379 g/mol. The molecule has 0 aliphatic heterocycles. The molecular formula is C27H22FN. The van der Waals surface area contributed by atoms with Gasteiger partial charge in [0.2, 0.25) is 0 Å². The molecule has 0 saturated carbocycles. The van der Waals surface area contributed by atoms with Crippen molar-refractivity contribution in [2.45, 2.75) is 26.2 Å². The highest BCUT2D eigenvalue weighted by Gasteiger charge is 1.99. The van der Waals surface area contributed by atoms with Gasteiger partial charge in [0.25, 0.3) is 0 Å². The first-order chi connectivity index (χ1) is 14.2. The van der Waals surface area contributed by atoms with Gasteiger partial charge in [-0.3, -0.25) is 4.98 Å². The molecule has 1 aromatic heterocycles. The Morgan fingerprint density at radius 1 is 0.724 bits per heavy atom. The molecule has 4 aromatic rings. The first kappa shape index (κ1) is 18.9. The molecule has 4 rings (SSSR count). The number of hydrogen-bond acceptors (Lipinski definition) is 1. The van der Waals surface area contributed by atoms with Crippen LogP contribution in [0.5, 0.6) is 0 Å². The van der Waals surface area contributed by atoms with Gasteiger partial charge in [0, 0.05) is 23.0 Å². The standard InChI is InChI=1S/C27H22FN/c1-2-20-10-15-27(29-19-20)16-11-22-5-3-21(4-6-22)7-8-23-9-12-25-18-26(28)14-13-24(25)17-23/h3-6,9-10,12-15,17-19H,2,11,16H2,1H3. The van der Waals surface area contributed by atoms with Crippen molar-refractivity contribution in [1.29, 1.82) is 0 Å². The summed E-state index contributed by atoms with van der Waals surface area (Å²) < 4.78 is 13.3. The van der Waals surface area contributed by atoms with Crippen molar-refractivity contribution in [3.8, 4) is 11.8 Å². The van der Waals surface area contributed by atoms with Crippen LogP contribution in [0.2, 0.25) is 0 Å². The molecule has 0 fully saturated rings. The second kappa shape index (κ2) is 8.71. The number of benzene rings is 3. The summed E-state index contributed by atoms with van der Waals surface area (Å²) in [5.41, 5.74) is 5.59. The highest BCUT2D eigenvalue weighted by atomic mass is 19.1. The van der Waals surface area contributed by atoms with Crippen LogP contribution in [-0.4, -0.2) is 4.98 Å². The Hall–Kier alpha value is -3.44. The third-order valence-corrected chi connectivity index (χ3v) is 5.07. The summed E-state index contributed by atoms with van der Waals surface area (Å²) in [7, 11) is 0. The van der Waals surface area contributed by atoms with Crippen molar-refractivity contribution >= 4 is 10.8 Å². The van der Waals surface area contributed by atoms with Crippen molar-refractivity contribution in [2.24, 2.45) is 0 Å². The first-order valence-electron chi connectivity index (χ1n) is 9.94. The Morgan fingerprint density at radius 3 is 2.17 bits per heavy atom. The number of fused-ring (bicyclic) bond motifs is 1. The van der Waals surface area contributed by atoms with Crippen LogP contribution in [0.25, 0.3) is 10.8 Å². The van der Waals surface area contributed by atoms with E-state index < -0.39 is 0 Å². The number of nitrogens with zero attached hydrogens (tertiary/aromatic N) is 1. The zero-order valence-electron chi connectivity index (χ0n) is 16.5. The highest BCUT2D eigenvalue weighted by molar-refractivity contribution is 5.83. The molecule has 1 heterocycles. The van der Waals surface area contributed by atoms with Crippen LogP contribution in [0.4, 0.5) is 4.39 Å². The number of rotatable bonds is 4. The van der Waals surface area contributed by atoms with E-state index in [4.69, 9.17) is 0 Å². The van der Waals surface area contributed by atoms with E-state index in [2.05, 4.69) is 60.1 Å². The Kier molecular flexibility index (Phi) is 5.68. The lowest BCUT2D eigenvalue weighted by molar-refractivity contribution is 0.630. The lowest BCUT2D eigenvalue weighted by Gasteiger charge is -2.03. The Bertz CT molecular complexity index is 1180. The minimum Gasteiger partial charge on any atom is -0.261 e. The van der Waals surface area contributed by atoms with Gasteiger partial charge in [-0.2, -0.15) is 0 Å². The molecule has 29 heavy (non-hydrogen) atoms. The lowest BCUT2D eigenvalue weighted by atomic mass is 10.0. The molecule has 3 aromatic carbocycles. The molecule has 2 heteroatoms. The van der Waals surface area contributed by atoms with Gasteiger partial charge in [0.05, 0.1) is 0 Å². The van der Waals surface area contributed by atoms with Gasteiger partial charge in [-0.1, -0.05) is 49.1 Å². The predicted octanol–water partition coefficient (Wildman–Crippen LogP) is 6.12. The van der Waals surface area contributed by atoms with Gasteiger partial charge in [0.15, 0.2) is 0 Å². The van der Waals surface area contributed by atoms with Crippen LogP contribution in [0, 0.1) is 17.7 Å². The van der Waals surface area contributed by atoms with Gasteiger partial charge < -0.3 is 0 Å². The summed E-state index contributed by atoms with van der Waals surface area (Å²) in [4.78, 5) is 4.53. The molecule has 1 nitrogen and oxygen atoms in total. The van der Waals surface area contributed by atoms with Crippen molar-refractivity contribution in [2.75, 3.05) is 0 Å². The smallest absolute Gasteiger partial charge is 0.123 e.